The van der Waals surface area contributed by atoms with E-state index < -0.39 is 0 Å². The van der Waals surface area contributed by atoms with E-state index in [9.17, 15) is 4.79 Å². The van der Waals surface area contributed by atoms with Crippen molar-refractivity contribution in [1.29, 1.82) is 0 Å². The fourth-order valence-electron chi connectivity index (χ4n) is 3.56. The van der Waals surface area contributed by atoms with Crippen LogP contribution in [-0.2, 0) is 0 Å². The van der Waals surface area contributed by atoms with E-state index in [1.54, 1.807) is 6.07 Å². The number of hydrogen-bond donors (Lipinski definition) is 1. The number of nitrogens with zero attached hydrogens (tertiary/aromatic N) is 2. The summed E-state index contributed by atoms with van der Waals surface area (Å²) in [6, 6.07) is 35.2. The molecule has 4 nitrogen and oxygen atoms in total. The minimum atomic E-state index is -0.0669. The molecule has 30 heavy (non-hydrogen) atoms. The zero-order valence-corrected chi connectivity index (χ0v) is 16.2. The lowest BCUT2D eigenvalue weighted by Gasteiger charge is -2.18. The van der Waals surface area contributed by atoms with E-state index in [0.29, 0.717) is 16.9 Å². The molecule has 0 aliphatic carbocycles. The van der Waals surface area contributed by atoms with Gasteiger partial charge in [0.15, 0.2) is 11.1 Å². The highest BCUT2D eigenvalue weighted by molar-refractivity contribution is 5.83. The van der Waals surface area contributed by atoms with Gasteiger partial charge in [0.2, 0.25) is 0 Å². The standard InChI is InChI=1S/C26H19N3O/c30-24-18-25(27-20-12-6-2-7-13-20)29(21-14-8-3-9-15-21)26-22(24)16-17-23(28-26)19-10-4-1-5-11-19/h1-18,27H. The zero-order valence-electron chi connectivity index (χ0n) is 16.2. The van der Waals surface area contributed by atoms with Crippen LogP contribution in [0.2, 0.25) is 0 Å². The summed E-state index contributed by atoms with van der Waals surface area (Å²) in [5, 5.41) is 3.97. The number of para-hydroxylation sites is 2. The topological polar surface area (TPSA) is 46.9 Å². The zero-order chi connectivity index (χ0) is 20.3. The summed E-state index contributed by atoms with van der Waals surface area (Å²) in [6.45, 7) is 0. The van der Waals surface area contributed by atoms with Gasteiger partial charge in [-0.1, -0.05) is 66.7 Å². The molecule has 3 aromatic carbocycles. The average molecular weight is 389 g/mol. The normalized spacial score (nSPS) is 10.8. The number of pyridine rings is 2. The largest absolute Gasteiger partial charge is 0.341 e. The summed E-state index contributed by atoms with van der Waals surface area (Å²) >= 11 is 0. The fourth-order valence-corrected chi connectivity index (χ4v) is 3.56. The summed E-state index contributed by atoms with van der Waals surface area (Å²) in [7, 11) is 0. The molecule has 2 aromatic heterocycles. The molecular weight excluding hydrogens is 370 g/mol. The van der Waals surface area contributed by atoms with Crippen LogP contribution < -0.4 is 10.7 Å². The van der Waals surface area contributed by atoms with Crippen LogP contribution in [0.3, 0.4) is 0 Å². The smallest absolute Gasteiger partial charge is 0.193 e. The van der Waals surface area contributed by atoms with Gasteiger partial charge >= 0.3 is 0 Å². The van der Waals surface area contributed by atoms with Crippen molar-refractivity contribution in [3.05, 3.63) is 119 Å². The lowest BCUT2D eigenvalue weighted by Crippen LogP contribution is -2.13. The predicted octanol–water partition coefficient (Wildman–Crippen LogP) is 5.80. The molecule has 0 aliphatic rings. The van der Waals surface area contributed by atoms with Crippen LogP contribution in [0.4, 0.5) is 11.5 Å². The van der Waals surface area contributed by atoms with Crippen molar-refractivity contribution in [2.75, 3.05) is 5.32 Å². The minimum Gasteiger partial charge on any atom is -0.341 e. The van der Waals surface area contributed by atoms with E-state index in [1.807, 2.05) is 108 Å². The quantitative estimate of drug-likeness (QED) is 0.423. The first-order valence-corrected chi connectivity index (χ1v) is 9.79. The molecule has 0 aliphatic heterocycles. The number of nitrogens with one attached hydrogen (secondary N) is 1. The van der Waals surface area contributed by atoms with Gasteiger partial charge in [0.05, 0.1) is 11.1 Å². The lowest BCUT2D eigenvalue weighted by molar-refractivity contribution is 1.07. The van der Waals surface area contributed by atoms with Crippen LogP contribution >= 0.6 is 0 Å². The third kappa shape index (κ3) is 3.35. The van der Waals surface area contributed by atoms with Crippen LogP contribution in [0, 0.1) is 0 Å². The maximum atomic E-state index is 12.9. The van der Waals surface area contributed by atoms with Crippen molar-refractivity contribution < 1.29 is 0 Å². The first-order valence-electron chi connectivity index (χ1n) is 9.79. The van der Waals surface area contributed by atoms with Crippen molar-refractivity contribution in [3.8, 4) is 16.9 Å². The summed E-state index contributed by atoms with van der Waals surface area (Å²) < 4.78 is 2.00. The highest BCUT2D eigenvalue weighted by Crippen LogP contribution is 2.26. The Kier molecular flexibility index (Phi) is 4.58. The maximum absolute atomic E-state index is 12.9. The predicted molar refractivity (Wildman–Crippen MR) is 123 cm³/mol. The molecule has 0 unspecified atom stereocenters. The molecule has 1 N–H and O–H groups in total. The van der Waals surface area contributed by atoms with Gasteiger partial charge in [-0.25, -0.2) is 4.98 Å². The number of fused-ring (bicyclic) bond motifs is 1. The van der Waals surface area contributed by atoms with Crippen LogP contribution in [0.1, 0.15) is 0 Å². The molecule has 0 atom stereocenters. The van der Waals surface area contributed by atoms with Crippen molar-refractivity contribution in [1.82, 2.24) is 9.55 Å². The second-order valence-electron chi connectivity index (χ2n) is 6.99. The Morgan fingerprint density at radius 2 is 1.33 bits per heavy atom. The average Bonchev–Trinajstić information content (AvgIpc) is 2.81. The Bertz CT molecular complexity index is 1360. The highest BCUT2D eigenvalue weighted by atomic mass is 16.1. The Hall–Kier alpha value is -4.18. The first kappa shape index (κ1) is 17.9. The Morgan fingerprint density at radius 3 is 2.03 bits per heavy atom. The van der Waals surface area contributed by atoms with Gasteiger partial charge in [-0.3, -0.25) is 9.36 Å². The van der Waals surface area contributed by atoms with Gasteiger partial charge < -0.3 is 5.32 Å². The van der Waals surface area contributed by atoms with E-state index in [2.05, 4.69) is 5.32 Å². The number of rotatable bonds is 4. The summed E-state index contributed by atoms with van der Waals surface area (Å²) in [5.74, 6) is 0.669. The van der Waals surface area contributed by atoms with E-state index in [-0.39, 0.29) is 5.43 Å². The van der Waals surface area contributed by atoms with Crippen LogP contribution in [0.25, 0.3) is 28.0 Å². The Morgan fingerprint density at radius 1 is 0.700 bits per heavy atom. The Labute approximate surface area is 174 Å². The SMILES string of the molecule is O=c1cc(Nc2ccccc2)n(-c2ccccc2)c2nc(-c3ccccc3)ccc12. The summed E-state index contributed by atoms with van der Waals surface area (Å²) in [6.07, 6.45) is 0. The van der Waals surface area contributed by atoms with Crippen molar-refractivity contribution >= 4 is 22.5 Å². The fraction of sp³-hybridized carbons (Fsp3) is 0. The van der Waals surface area contributed by atoms with E-state index in [1.165, 1.54) is 0 Å². The molecular formula is C26H19N3O. The summed E-state index contributed by atoms with van der Waals surface area (Å²) in [4.78, 5) is 17.8. The first-order chi connectivity index (χ1) is 14.8. The van der Waals surface area contributed by atoms with E-state index in [4.69, 9.17) is 4.98 Å². The maximum Gasteiger partial charge on any atom is 0.193 e. The summed E-state index contributed by atoms with van der Waals surface area (Å²) in [5.41, 5.74) is 4.21. The van der Waals surface area contributed by atoms with Crippen molar-refractivity contribution in [3.63, 3.8) is 0 Å². The second-order valence-corrected chi connectivity index (χ2v) is 6.99. The molecule has 0 saturated heterocycles. The number of anilines is 2. The number of benzene rings is 3. The number of aromatic nitrogens is 2. The second kappa shape index (κ2) is 7.68. The Balaban J connectivity index is 1.79. The van der Waals surface area contributed by atoms with Gasteiger partial charge in [-0.15, -0.1) is 0 Å². The molecule has 0 radical (unpaired) electrons. The van der Waals surface area contributed by atoms with Crippen LogP contribution in [-0.4, -0.2) is 9.55 Å². The molecule has 4 heteroatoms. The third-order valence-corrected chi connectivity index (χ3v) is 4.99. The monoisotopic (exact) mass is 389 g/mol. The molecule has 0 amide bonds. The molecule has 5 rings (SSSR count). The third-order valence-electron chi connectivity index (χ3n) is 4.99. The van der Waals surface area contributed by atoms with Crippen molar-refractivity contribution in [2.24, 2.45) is 0 Å². The molecule has 5 aromatic rings. The van der Waals surface area contributed by atoms with Gasteiger partial charge in [0.1, 0.15) is 5.82 Å². The molecule has 2 heterocycles. The molecule has 0 fully saturated rings. The van der Waals surface area contributed by atoms with Gasteiger partial charge in [0, 0.05) is 23.0 Å². The minimum absolute atomic E-state index is 0.0669. The lowest BCUT2D eigenvalue weighted by atomic mass is 10.1. The molecule has 0 spiro atoms. The van der Waals surface area contributed by atoms with Crippen molar-refractivity contribution in [2.45, 2.75) is 0 Å². The number of hydrogen-bond acceptors (Lipinski definition) is 3. The van der Waals surface area contributed by atoms with E-state index >= 15 is 0 Å². The van der Waals surface area contributed by atoms with Gasteiger partial charge in [0.25, 0.3) is 0 Å². The van der Waals surface area contributed by atoms with Gasteiger partial charge in [-0.2, -0.15) is 0 Å². The molecule has 0 saturated carbocycles. The molecule has 0 bridgehead atoms. The van der Waals surface area contributed by atoms with Gasteiger partial charge in [-0.05, 0) is 36.4 Å². The molecule has 144 valence electrons. The van der Waals surface area contributed by atoms with E-state index in [0.717, 1.165) is 22.6 Å². The van der Waals surface area contributed by atoms with Crippen LogP contribution in [0.5, 0.6) is 0 Å². The highest BCUT2D eigenvalue weighted by Gasteiger charge is 2.14. The van der Waals surface area contributed by atoms with Crippen LogP contribution in [0.15, 0.2) is 114 Å².